The van der Waals surface area contributed by atoms with Crippen LogP contribution in [0.25, 0.3) is 0 Å². The number of hydrogen-bond donors (Lipinski definition) is 0. The third-order valence-electron chi connectivity index (χ3n) is 5.01. The van der Waals surface area contributed by atoms with Crippen molar-refractivity contribution < 1.29 is 14.3 Å². The van der Waals surface area contributed by atoms with Crippen LogP contribution in [-0.2, 0) is 4.79 Å². The summed E-state index contributed by atoms with van der Waals surface area (Å²) < 4.78 is 5.20. The molecule has 3 rings (SSSR count). The minimum atomic E-state index is -0.245. The van der Waals surface area contributed by atoms with Crippen LogP contribution < -0.4 is 4.74 Å². The molecular formula is C18H25N3O3. The van der Waals surface area contributed by atoms with Crippen molar-refractivity contribution in [2.45, 2.75) is 31.3 Å². The van der Waals surface area contributed by atoms with Gasteiger partial charge in [0.1, 0.15) is 11.8 Å². The topological polar surface area (TPSA) is 53.1 Å². The summed E-state index contributed by atoms with van der Waals surface area (Å²) in [6, 6.07) is 7.37. The molecule has 0 aliphatic carbocycles. The number of piperidine rings is 1. The molecule has 24 heavy (non-hydrogen) atoms. The number of rotatable bonds is 5. The molecule has 2 atom stereocenters. The van der Waals surface area contributed by atoms with Crippen molar-refractivity contribution in [1.82, 2.24) is 14.7 Å². The van der Waals surface area contributed by atoms with E-state index in [4.69, 9.17) is 4.74 Å². The highest BCUT2D eigenvalue weighted by atomic mass is 16.5. The number of benzene rings is 1. The Labute approximate surface area is 143 Å². The number of urea groups is 1. The van der Waals surface area contributed by atoms with E-state index >= 15 is 0 Å². The highest BCUT2D eigenvalue weighted by molar-refractivity contribution is 6.04. The maximum atomic E-state index is 12.7. The van der Waals surface area contributed by atoms with Gasteiger partial charge in [0.25, 0.3) is 5.91 Å². The van der Waals surface area contributed by atoms with Crippen LogP contribution in [0.5, 0.6) is 5.75 Å². The molecule has 1 aromatic rings. The molecule has 2 fully saturated rings. The Morgan fingerprint density at radius 3 is 2.50 bits per heavy atom. The van der Waals surface area contributed by atoms with Crippen LogP contribution in [0.1, 0.15) is 30.9 Å². The Hall–Kier alpha value is -2.08. The lowest BCUT2D eigenvalue weighted by molar-refractivity contribution is -0.129. The van der Waals surface area contributed by atoms with Crippen molar-refractivity contribution in [3.8, 4) is 5.75 Å². The summed E-state index contributed by atoms with van der Waals surface area (Å²) >= 11 is 0. The highest BCUT2D eigenvalue weighted by Gasteiger charge is 2.46. The van der Waals surface area contributed by atoms with Crippen LogP contribution in [0.3, 0.4) is 0 Å². The number of imide groups is 1. The second kappa shape index (κ2) is 6.81. The molecule has 3 amide bonds. The Kier molecular flexibility index (Phi) is 4.76. The van der Waals surface area contributed by atoms with Gasteiger partial charge in [0, 0.05) is 6.54 Å². The first-order chi connectivity index (χ1) is 11.5. The number of carbonyl (C=O) groups excluding carboxylic acids is 2. The third-order valence-corrected chi connectivity index (χ3v) is 5.01. The average molecular weight is 331 g/mol. The minimum Gasteiger partial charge on any atom is -0.497 e. The molecule has 2 saturated heterocycles. The molecule has 1 aromatic carbocycles. The van der Waals surface area contributed by atoms with E-state index < -0.39 is 0 Å². The van der Waals surface area contributed by atoms with Gasteiger partial charge in [-0.15, -0.1) is 0 Å². The first-order valence-electron chi connectivity index (χ1n) is 8.45. The Balaban J connectivity index is 1.80. The van der Waals surface area contributed by atoms with Crippen LogP contribution >= 0.6 is 0 Å². The molecule has 0 aromatic heterocycles. The molecular weight excluding hydrogens is 306 g/mol. The Bertz CT molecular complexity index is 590. The molecule has 0 N–H and O–H groups in total. The van der Waals surface area contributed by atoms with Crippen LogP contribution in [0.15, 0.2) is 24.3 Å². The van der Waals surface area contributed by atoms with E-state index in [1.54, 1.807) is 12.0 Å². The predicted octanol–water partition coefficient (Wildman–Crippen LogP) is 2.11. The van der Waals surface area contributed by atoms with E-state index in [0.29, 0.717) is 13.1 Å². The van der Waals surface area contributed by atoms with Crippen molar-refractivity contribution in [2.24, 2.45) is 0 Å². The number of ether oxygens (including phenoxy) is 1. The SMILES string of the molecule is COc1ccc([C@H](CN2C(=O)[C@H]3CCCCN3C2=O)N(C)C)cc1. The van der Waals surface area contributed by atoms with Crippen molar-refractivity contribution in [3.63, 3.8) is 0 Å². The number of hydrogen-bond acceptors (Lipinski definition) is 4. The smallest absolute Gasteiger partial charge is 0.327 e. The van der Waals surface area contributed by atoms with Crippen molar-refractivity contribution in [3.05, 3.63) is 29.8 Å². The summed E-state index contributed by atoms with van der Waals surface area (Å²) in [5.74, 6) is 0.752. The normalized spacial score (nSPS) is 22.1. The molecule has 6 nitrogen and oxygen atoms in total. The maximum absolute atomic E-state index is 12.7. The number of fused-ring (bicyclic) bond motifs is 1. The summed E-state index contributed by atoms with van der Waals surface area (Å²) in [6.07, 6.45) is 2.79. The van der Waals surface area contributed by atoms with Gasteiger partial charge in [0.05, 0.1) is 19.7 Å². The molecule has 2 aliphatic rings. The van der Waals surface area contributed by atoms with Gasteiger partial charge < -0.3 is 14.5 Å². The quantitative estimate of drug-likeness (QED) is 0.776. The van der Waals surface area contributed by atoms with Crippen LogP contribution in [0, 0.1) is 0 Å². The van der Waals surface area contributed by atoms with E-state index in [-0.39, 0.29) is 24.0 Å². The van der Waals surface area contributed by atoms with Crippen LogP contribution in [-0.4, -0.2) is 67.0 Å². The molecule has 0 radical (unpaired) electrons. The Morgan fingerprint density at radius 2 is 1.92 bits per heavy atom. The molecule has 0 unspecified atom stereocenters. The van der Waals surface area contributed by atoms with Crippen molar-refractivity contribution in [2.75, 3.05) is 34.3 Å². The molecule has 2 aliphatic heterocycles. The van der Waals surface area contributed by atoms with Gasteiger partial charge >= 0.3 is 6.03 Å². The number of methoxy groups -OCH3 is 1. The fourth-order valence-corrected chi connectivity index (χ4v) is 3.58. The lowest BCUT2D eigenvalue weighted by Crippen LogP contribution is -2.40. The van der Waals surface area contributed by atoms with E-state index in [1.807, 2.05) is 43.3 Å². The van der Waals surface area contributed by atoms with Crippen LogP contribution in [0.2, 0.25) is 0 Å². The highest BCUT2D eigenvalue weighted by Crippen LogP contribution is 2.30. The molecule has 6 heteroatoms. The molecule has 0 bridgehead atoms. The third kappa shape index (κ3) is 2.98. The number of nitrogens with zero attached hydrogens (tertiary/aromatic N) is 3. The minimum absolute atomic E-state index is 0.0369. The van der Waals surface area contributed by atoms with E-state index in [2.05, 4.69) is 0 Å². The number of amides is 3. The monoisotopic (exact) mass is 331 g/mol. The first kappa shape index (κ1) is 16.8. The van der Waals surface area contributed by atoms with Crippen LogP contribution in [0.4, 0.5) is 4.79 Å². The molecule has 0 saturated carbocycles. The van der Waals surface area contributed by atoms with Gasteiger partial charge in [-0.3, -0.25) is 9.69 Å². The lowest BCUT2D eigenvalue weighted by atomic mass is 10.0. The summed E-state index contributed by atoms with van der Waals surface area (Å²) in [5.41, 5.74) is 1.06. The zero-order valence-corrected chi connectivity index (χ0v) is 14.6. The standard InChI is InChI=1S/C18H25N3O3/c1-19(2)16(13-7-9-14(24-3)10-8-13)12-21-17(22)15-6-4-5-11-20(15)18(21)23/h7-10,15-16H,4-6,11-12H2,1-3H3/t15-,16+/m1/s1. The van der Waals surface area contributed by atoms with E-state index in [0.717, 1.165) is 30.6 Å². The molecule has 130 valence electrons. The first-order valence-corrected chi connectivity index (χ1v) is 8.45. The summed E-state index contributed by atoms with van der Waals surface area (Å²) in [7, 11) is 5.57. The summed E-state index contributed by atoms with van der Waals surface area (Å²) in [5, 5.41) is 0. The molecule has 0 spiro atoms. The largest absolute Gasteiger partial charge is 0.497 e. The number of likely N-dealkylation sites (N-methyl/N-ethyl adjacent to an activating group) is 1. The van der Waals surface area contributed by atoms with Gasteiger partial charge in [-0.2, -0.15) is 0 Å². The Morgan fingerprint density at radius 1 is 1.21 bits per heavy atom. The fraction of sp³-hybridized carbons (Fsp3) is 0.556. The number of carbonyl (C=O) groups is 2. The summed E-state index contributed by atoms with van der Waals surface area (Å²) in [6.45, 7) is 1.07. The average Bonchev–Trinajstić information content (AvgIpc) is 2.84. The summed E-state index contributed by atoms with van der Waals surface area (Å²) in [4.78, 5) is 30.5. The van der Waals surface area contributed by atoms with E-state index in [9.17, 15) is 9.59 Å². The molecule has 2 heterocycles. The van der Waals surface area contributed by atoms with Gasteiger partial charge in [0.2, 0.25) is 0 Å². The van der Waals surface area contributed by atoms with Gasteiger partial charge in [-0.1, -0.05) is 12.1 Å². The van der Waals surface area contributed by atoms with Gasteiger partial charge in [-0.25, -0.2) is 4.79 Å². The second-order valence-electron chi connectivity index (χ2n) is 6.69. The van der Waals surface area contributed by atoms with E-state index in [1.165, 1.54) is 4.90 Å². The lowest BCUT2D eigenvalue weighted by Gasteiger charge is -2.28. The van der Waals surface area contributed by atoms with Crippen molar-refractivity contribution >= 4 is 11.9 Å². The fourth-order valence-electron chi connectivity index (χ4n) is 3.58. The zero-order chi connectivity index (χ0) is 17.3. The van der Waals surface area contributed by atoms with Crippen molar-refractivity contribution in [1.29, 1.82) is 0 Å². The maximum Gasteiger partial charge on any atom is 0.327 e. The van der Waals surface area contributed by atoms with Gasteiger partial charge in [0.15, 0.2) is 0 Å². The zero-order valence-electron chi connectivity index (χ0n) is 14.6. The predicted molar refractivity (Wildman–Crippen MR) is 90.9 cm³/mol. The van der Waals surface area contributed by atoms with Gasteiger partial charge in [-0.05, 0) is 51.1 Å². The second-order valence-corrected chi connectivity index (χ2v) is 6.69.